The highest BCUT2D eigenvalue weighted by atomic mass is 16.3. The minimum atomic E-state index is -0.629. The second-order valence-electron chi connectivity index (χ2n) is 7.65. The van der Waals surface area contributed by atoms with Gasteiger partial charge in [0.2, 0.25) is 0 Å². The van der Waals surface area contributed by atoms with Crippen molar-refractivity contribution in [3.63, 3.8) is 0 Å². The number of phenolic OH excluding ortho intramolecular Hbond substituents is 1. The first-order valence-electron chi connectivity index (χ1n) is 9.30. The van der Waals surface area contributed by atoms with Gasteiger partial charge in [-0.25, -0.2) is 4.98 Å². The molecule has 0 radical (unpaired) electrons. The van der Waals surface area contributed by atoms with Crippen molar-refractivity contribution in [3.05, 3.63) is 48.0 Å². The van der Waals surface area contributed by atoms with Crippen molar-refractivity contribution in [2.24, 2.45) is 0 Å². The number of carbonyl (C=O) groups excluding carboxylic acids is 1. The highest BCUT2D eigenvalue weighted by molar-refractivity contribution is 6.09. The van der Waals surface area contributed by atoms with E-state index in [9.17, 15) is 9.90 Å². The summed E-state index contributed by atoms with van der Waals surface area (Å²) < 4.78 is 0. The van der Waals surface area contributed by atoms with E-state index in [1.807, 2.05) is 50.2 Å². The van der Waals surface area contributed by atoms with E-state index in [1.54, 1.807) is 6.07 Å². The van der Waals surface area contributed by atoms with E-state index in [1.165, 1.54) is 6.42 Å². The summed E-state index contributed by atoms with van der Waals surface area (Å²) in [5.41, 5.74) is 1.33. The van der Waals surface area contributed by atoms with Gasteiger partial charge >= 0.3 is 0 Å². The van der Waals surface area contributed by atoms with Gasteiger partial charge in [0.1, 0.15) is 5.75 Å². The van der Waals surface area contributed by atoms with Crippen LogP contribution in [0.5, 0.6) is 5.75 Å². The van der Waals surface area contributed by atoms with Crippen LogP contribution in [0.15, 0.2) is 42.5 Å². The molecule has 1 fully saturated rings. The Bertz CT molecular complexity index is 988. The molecule has 4 nitrogen and oxygen atoms in total. The summed E-state index contributed by atoms with van der Waals surface area (Å²) >= 11 is 0. The summed E-state index contributed by atoms with van der Waals surface area (Å²) in [7, 11) is 0. The highest BCUT2D eigenvalue weighted by Crippen LogP contribution is 2.34. The van der Waals surface area contributed by atoms with Crippen LogP contribution in [0.4, 0.5) is 0 Å². The standard InChI is InChI=1S/C22H24N2O2/c1-22(2,24-12-6-3-7-13-24)21(26)16-10-11-19-17(20(16)25)14-15-8-4-5-9-18(15)23-19/h4-5,8-11,14,25H,3,6-7,12-13H2,1-2H3. The van der Waals surface area contributed by atoms with Crippen molar-refractivity contribution in [2.45, 2.75) is 38.6 Å². The topological polar surface area (TPSA) is 53.4 Å². The third kappa shape index (κ3) is 2.74. The molecule has 26 heavy (non-hydrogen) atoms. The summed E-state index contributed by atoms with van der Waals surface area (Å²) in [6, 6.07) is 13.3. The lowest BCUT2D eigenvalue weighted by molar-refractivity contribution is 0.0577. The van der Waals surface area contributed by atoms with Crippen molar-refractivity contribution in [3.8, 4) is 5.75 Å². The van der Waals surface area contributed by atoms with Gasteiger partial charge < -0.3 is 5.11 Å². The maximum Gasteiger partial charge on any atom is 0.186 e. The largest absolute Gasteiger partial charge is 0.506 e. The summed E-state index contributed by atoms with van der Waals surface area (Å²) in [6.07, 6.45) is 3.47. The Labute approximate surface area is 153 Å². The molecule has 1 N–H and O–H groups in total. The molecule has 1 aliphatic rings. The van der Waals surface area contributed by atoms with Crippen molar-refractivity contribution < 1.29 is 9.90 Å². The highest BCUT2D eigenvalue weighted by Gasteiger charge is 2.37. The van der Waals surface area contributed by atoms with Gasteiger partial charge in [-0.3, -0.25) is 9.69 Å². The zero-order valence-corrected chi connectivity index (χ0v) is 15.3. The van der Waals surface area contributed by atoms with Crippen LogP contribution in [0.3, 0.4) is 0 Å². The number of aromatic nitrogens is 1. The van der Waals surface area contributed by atoms with Crippen LogP contribution in [0.1, 0.15) is 43.5 Å². The molecule has 0 aliphatic carbocycles. The van der Waals surface area contributed by atoms with Crippen LogP contribution in [-0.2, 0) is 0 Å². The number of carbonyl (C=O) groups is 1. The van der Waals surface area contributed by atoms with Gasteiger partial charge in [-0.15, -0.1) is 0 Å². The minimum Gasteiger partial charge on any atom is -0.506 e. The smallest absolute Gasteiger partial charge is 0.186 e. The predicted molar refractivity (Wildman–Crippen MR) is 105 cm³/mol. The van der Waals surface area contributed by atoms with Gasteiger partial charge in [0.25, 0.3) is 0 Å². The molecule has 0 unspecified atom stereocenters. The number of hydrogen-bond donors (Lipinski definition) is 1. The number of phenols is 1. The average molecular weight is 348 g/mol. The maximum atomic E-state index is 13.3. The second kappa shape index (κ2) is 6.36. The van der Waals surface area contributed by atoms with Gasteiger partial charge in [-0.05, 0) is 64.0 Å². The molecule has 0 spiro atoms. The third-order valence-corrected chi connectivity index (χ3v) is 5.62. The fourth-order valence-electron chi connectivity index (χ4n) is 3.94. The molecule has 0 saturated carbocycles. The zero-order chi connectivity index (χ0) is 18.3. The number of benzene rings is 2. The molecule has 3 aromatic rings. The fraction of sp³-hybridized carbons (Fsp3) is 0.364. The third-order valence-electron chi connectivity index (χ3n) is 5.62. The van der Waals surface area contributed by atoms with Gasteiger partial charge in [-0.1, -0.05) is 24.6 Å². The molecule has 0 bridgehead atoms. The average Bonchev–Trinajstić information content (AvgIpc) is 2.67. The molecule has 4 rings (SSSR count). The van der Waals surface area contributed by atoms with E-state index < -0.39 is 5.54 Å². The van der Waals surface area contributed by atoms with E-state index in [0.29, 0.717) is 16.5 Å². The van der Waals surface area contributed by atoms with Gasteiger partial charge in [-0.2, -0.15) is 0 Å². The Balaban J connectivity index is 1.79. The number of hydrogen-bond acceptors (Lipinski definition) is 4. The number of Topliss-reactive ketones (excluding diaryl/α,β-unsaturated/α-hetero) is 1. The second-order valence-corrected chi connectivity index (χ2v) is 7.65. The lowest BCUT2D eigenvalue weighted by Gasteiger charge is -2.39. The number of pyridine rings is 1. The van der Waals surface area contributed by atoms with E-state index in [4.69, 9.17) is 0 Å². The number of piperidine rings is 1. The molecule has 4 heteroatoms. The predicted octanol–water partition coefficient (Wildman–Crippen LogP) is 4.54. The fourth-order valence-corrected chi connectivity index (χ4v) is 3.94. The number of ketones is 1. The summed E-state index contributed by atoms with van der Waals surface area (Å²) in [5.74, 6) is 0.00259. The molecule has 2 heterocycles. The van der Waals surface area contributed by atoms with Crippen LogP contribution in [0.25, 0.3) is 21.8 Å². The number of para-hydroxylation sites is 1. The summed E-state index contributed by atoms with van der Waals surface area (Å²) in [4.78, 5) is 20.1. The van der Waals surface area contributed by atoms with Gasteiger partial charge in [0.05, 0.1) is 22.1 Å². The molecule has 2 aromatic carbocycles. The first kappa shape index (κ1) is 17.0. The number of fused-ring (bicyclic) bond motifs is 2. The molecular formula is C22H24N2O2. The van der Waals surface area contributed by atoms with Crippen LogP contribution in [0.2, 0.25) is 0 Å². The summed E-state index contributed by atoms with van der Waals surface area (Å²) in [6.45, 7) is 5.78. The Morgan fingerprint density at radius 3 is 2.54 bits per heavy atom. The zero-order valence-electron chi connectivity index (χ0n) is 15.3. The number of likely N-dealkylation sites (tertiary alicyclic amines) is 1. The van der Waals surface area contributed by atoms with Gasteiger partial charge in [0.15, 0.2) is 5.78 Å². The molecular weight excluding hydrogens is 324 g/mol. The first-order chi connectivity index (χ1) is 12.5. The van der Waals surface area contributed by atoms with Crippen LogP contribution < -0.4 is 0 Å². The van der Waals surface area contributed by atoms with Gasteiger partial charge in [0, 0.05) is 10.8 Å². The lowest BCUT2D eigenvalue weighted by Crippen LogP contribution is -2.52. The lowest BCUT2D eigenvalue weighted by atomic mass is 9.88. The van der Waals surface area contributed by atoms with Crippen LogP contribution >= 0.6 is 0 Å². The molecule has 1 saturated heterocycles. The molecule has 1 aromatic heterocycles. The quantitative estimate of drug-likeness (QED) is 0.558. The van der Waals surface area contributed by atoms with E-state index in [0.717, 1.165) is 36.8 Å². The van der Waals surface area contributed by atoms with Crippen molar-refractivity contribution in [1.29, 1.82) is 0 Å². The van der Waals surface area contributed by atoms with Crippen LogP contribution in [-0.4, -0.2) is 39.4 Å². The Morgan fingerprint density at radius 1 is 1.04 bits per heavy atom. The van der Waals surface area contributed by atoms with E-state index in [2.05, 4.69) is 9.88 Å². The Hall–Kier alpha value is -2.46. The van der Waals surface area contributed by atoms with Crippen molar-refractivity contribution in [1.82, 2.24) is 9.88 Å². The normalized spacial score (nSPS) is 16.2. The Morgan fingerprint density at radius 2 is 1.77 bits per heavy atom. The summed E-state index contributed by atoms with van der Waals surface area (Å²) in [5, 5.41) is 12.4. The molecule has 0 amide bonds. The number of rotatable bonds is 3. The van der Waals surface area contributed by atoms with E-state index >= 15 is 0 Å². The number of aromatic hydroxyl groups is 1. The van der Waals surface area contributed by atoms with Crippen molar-refractivity contribution in [2.75, 3.05) is 13.1 Å². The molecule has 1 aliphatic heterocycles. The maximum absolute atomic E-state index is 13.3. The minimum absolute atomic E-state index is 0.0352. The first-order valence-corrected chi connectivity index (χ1v) is 9.30. The number of nitrogens with zero attached hydrogens (tertiary/aromatic N) is 2. The molecule has 134 valence electrons. The van der Waals surface area contributed by atoms with Crippen LogP contribution in [0, 0.1) is 0 Å². The molecule has 0 atom stereocenters. The Kier molecular flexibility index (Phi) is 4.16. The van der Waals surface area contributed by atoms with E-state index in [-0.39, 0.29) is 11.5 Å². The van der Waals surface area contributed by atoms with Crippen molar-refractivity contribution >= 4 is 27.6 Å². The SMILES string of the molecule is CC(C)(C(=O)c1ccc2nc3ccccc3cc2c1O)N1CCCCC1. The monoisotopic (exact) mass is 348 g/mol.